The molecule has 1 aliphatic heterocycles. The molecular weight excluding hydrogens is 376 g/mol. The Balaban J connectivity index is 1.80. The highest BCUT2D eigenvalue weighted by molar-refractivity contribution is 7.91. The summed E-state index contributed by atoms with van der Waals surface area (Å²) in [6, 6.07) is 8.42. The number of rotatable bonds is 5. The Kier molecular flexibility index (Phi) is 5.43. The van der Waals surface area contributed by atoms with Crippen molar-refractivity contribution < 1.29 is 13.2 Å². The lowest BCUT2D eigenvalue weighted by Crippen LogP contribution is -2.41. The third-order valence-electron chi connectivity index (χ3n) is 4.27. The first-order valence-corrected chi connectivity index (χ1v) is 10.4. The van der Waals surface area contributed by atoms with Crippen molar-refractivity contribution in [3.05, 3.63) is 47.4 Å². The van der Waals surface area contributed by atoms with Gasteiger partial charge in [-0.05, 0) is 25.5 Å². The van der Waals surface area contributed by atoms with Crippen molar-refractivity contribution in [1.29, 1.82) is 0 Å². The molecule has 1 aromatic heterocycles. The van der Waals surface area contributed by atoms with Gasteiger partial charge in [0.1, 0.15) is 17.8 Å². The van der Waals surface area contributed by atoms with Crippen molar-refractivity contribution >= 4 is 38.9 Å². The van der Waals surface area contributed by atoms with E-state index in [-0.39, 0.29) is 29.1 Å². The van der Waals surface area contributed by atoms with E-state index in [0.717, 1.165) is 0 Å². The van der Waals surface area contributed by atoms with Gasteiger partial charge in [-0.3, -0.25) is 4.79 Å². The van der Waals surface area contributed by atoms with Crippen LogP contribution in [-0.2, 0) is 9.84 Å². The fourth-order valence-corrected chi connectivity index (χ4v) is 4.89. The number of hydrogen-bond donors (Lipinski definition) is 1. The van der Waals surface area contributed by atoms with Crippen molar-refractivity contribution in [3.63, 3.8) is 0 Å². The van der Waals surface area contributed by atoms with Crippen LogP contribution >= 0.6 is 11.6 Å². The molecule has 9 heteroatoms. The molecule has 1 fully saturated rings. The molecule has 26 heavy (non-hydrogen) atoms. The Hall–Kier alpha value is -2.19. The fraction of sp³-hybridized carbons (Fsp3) is 0.353. The Labute approximate surface area is 157 Å². The summed E-state index contributed by atoms with van der Waals surface area (Å²) in [7, 11) is -3.07. The summed E-state index contributed by atoms with van der Waals surface area (Å²) in [6.45, 7) is 2.24. The molecule has 1 N–H and O–H groups in total. The van der Waals surface area contributed by atoms with E-state index in [2.05, 4.69) is 15.3 Å². The number of nitrogens with zero attached hydrogens (tertiary/aromatic N) is 3. The van der Waals surface area contributed by atoms with Crippen LogP contribution in [0, 0.1) is 0 Å². The van der Waals surface area contributed by atoms with Gasteiger partial charge in [-0.15, -0.1) is 0 Å². The number of amides is 1. The average molecular weight is 395 g/mol. The molecule has 1 saturated heterocycles. The Bertz CT molecular complexity index is 920. The summed E-state index contributed by atoms with van der Waals surface area (Å²) in [5.41, 5.74) is 0.876. The van der Waals surface area contributed by atoms with Crippen molar-refractivity contribution in [2.24, 2.45) is 0 Å². The third kappa shape index (κ3) is 4.13. The van der Waals surface area contributed by atoms with Gasteiger partial charge >= 0.3 is 0 Å². The molecule has 1 aromatic carbocycles. The van der Waals surface area contributed by atoms with Gasteiger partial charge in [-0.2, -0.15) is 0 Å². The maximum atomic E-state index is 12.8. The number of carbonyl (C=O) groups excluding carboxylic acids is 1. The highest BCUT2D eigenvalue weighted by Crippen LogP contribution is 2.24. The molecule has 1 unspecified atom stereocenters. The SMILES string of the molecule is CCN(C(=O)c1cc(Nc2ccccc2Cl)ncn1)C1CCS(=O)(=O)C1. The van der Waals surface area contributed by atoms with Gasteiger partial charge in [0.05, 0.1) is 22.2 Å². The Morgan fingerprint density at radius 3 is 2.77 bits per heavy atom. The minimum atomic E-state index is -3.07. The smallest absolute Gasteiger partial charge is 0.272 e. The lowest BCUT2D eigenvalue weighted by Gasteiger charge is -2.26. The average Bonchev–Trinajstić information content (AvgIpc) is 2.97. The first kappa shape index (κ1) is 18.6. The zero-order valence-corrected chi connectivity index (χ0v) is 15.8. The van der Waals surface area contributed by atoms with E-state index in [1.165, 1.54) is 12.4 Å². The number of aromatic nitrogens is 2. The van der Waals surface area contributed by atoms with Crippen LogP contribution in [0.3, 0.4) is 0 Å². The van der Waals surface area contributed by atoms with E-state index >= 15 is 0 Å². The third-order valence-corrected chi connectivity index (χ3v) is 6.35. The minimum Gasteiger partial charge on any atom is -0.339 e. The molecule has 1 aliphatic rings. The summed E-state index contributed by atoms with van der Waals surface area (Å²) >= 11 is 6.12. The van der Waals surface area contributed by atoms with E-state index in [1.54, 1.807) is 17.0 Å². The highest BCUT2D eigenvalue weighted by atomic mass is 35.5. The molecule has 2 aromatic rings. The van der Waals surface area contributed by atoms with Crippen molar-refractivity contribution in [1.82, 2.24) is 14.9 Å². The van der Waals surface area contributed by atoms with E-state index in [1.807, 2.05) is 19.1 Å². The lowest BCUT2D eigenvalue weighted by atomic mass is 10.2. The molecule has 0 saturated carbocycles. The van der Waals surface area contributed by atoms with Crippen LogP contribution in [0.15, 0.2) is 36.7 Å². The number of para-hydroxylation sites is 1. The minimum absolute atomic E-state index is 0.00237. The number of anilines is 2. The summed E-state index contributed by atoms with van der Waals surface area (Å²) < 4.78 is 23.4. The standard InChI is InChI=1S/C17H19ClN4O3S/c1-2-22(12-7-8-26(24,25)10-12)17(23)15-9-16(20-11-19-15)21-14-6-4-3-5-13(14)18/h3-6,9,11-12H,2,7-8,10H2,1H3,(H,19,20,21). The second-order valence-electron chi connectivity index (χ2n) is 6.04. The molecule has 7 nitrogen and oxygen atoms in total. The molecule has 0 radical (unpaired) electrons. The molecule has 3 rings (SSSR count). The zero-order chi connectivity index (χ0) is 18.7. The molecule has 2 heterocycles. The van der Waals surface area contributed by atoms with Crippen LogP contribution in [0.1, 0.15) is 23.8 Å². The molecule has 0 aliphatic carbocycles. The topological polar surface area (TPSA) is 92.3 Å². The number of carbonyl (C=O) groups is 1. The maximum absolute atomic E-state index is 12.8. The van der Waals surface area contributed by atoms with Gasteiger partial charge in [0.2, 0.25) is 0 Å². The fourth-order valence-electron chi connectivity index (χ4n) is 2.98. The number of sulfone groups is 1. The van der Waals surface area contributed by atoms with Gasteiger partial charge in [0.15, 0.2) is 9.84 Å². The van der Waals surface area contributed by atoms with Gasteiger partial charge in [-0.25, -0.2) is 18.4 Å². The monoisotopic (exact) mass is 394 g/mol. The second-order valence-corrected chi connectivity index (χ2v) is 8.68. The molecule has 0 bridgehead atoms. The van der Waals surface area contributed by atoms with Crippen molar-refractivity contribution in [2.45, 2.75) is 19.4 Å². The predicted molar refractivity (Wildman–Crippen MR) is 101 cm³/mol. The summed E-state index contributed by atoms with van der Waals surface area (Å²) in [5, 5.41) is 3.59. The van der Waals surface area contributed by atoms with E-state index < -0.39 is 9.84 Å². The van der Waals surface area contributed by atoms with Crippen LogP contribution in [0.2, 0.25) is 5.02 Å². The molecule has 1 atom stereocenters. The predicted octanol–water partition coefficient (Wildman–Crippen LogP) is 2.52. The number of nitrogens with one attached hydrogen (secondary N) is 1. The van der Waals surface area contributed by atoms with Gasteiger partial charge in [-0.1, -0.05) is 23.7 Å². The second kappa shape index (κ2) is 7.59. The number of benzene rings is 1. The Morgan fingerprint density at radius 1 is 1.35 bits per heavy atom. The van der Waals surface area contributed by atoms with E-state index in [9.17, 15) is 13.2 Å². The van der Waals surface area contributed by atoms with Gasteiger partial charge in [0.25, 0.3) is 5.91 Å². The van der Waals surface area contributed by atoms with Crippen LogP contribution in [-0.4, -0.2) is 53.3 Å². The molecule has 138 valence electrons. The first-order chi connectivity index (χ1) is 12.4. The van der Waals surface area contributed by atoms with Crippen molar-refractivity contribution in [2.75, 3.05) is 23.4 Å². The maximum Gasteiger partial charge on any atom is 0.272 e. The number of hydrogen-bond acceptors (Lipinski definition) is 6. The Morgan fingerprint density at radius 2 is 2.12 bits per heavy atom. The van der Waals surface area contributed by atoms with E-state index in [4.69, 9.17) is 11.6 Å². The van der Waals surface area contributed by atoms with Gasteiger partial charge < -0.3 is 10.2 Å². The molecule has 1 amide bonds. The van der Waals surface area contributed by atoms with Crippen LogP contribution in [0.5, 0.6) is 0 Å². The van der Waals surface area contributed by atoms with Gasteiger partial charge in [0, 0.05) is 18.7 Å². The van der Waals surface area contributed by atoms with Crippen LogP contribution < -0.4 is 5.32 Å². The van der Waals surface area contributed by atoms with Crippen molar-refractivity contribution in [3.8, 4) is 0 Å². The quantitative estimate of drug-likeness (QED) is 0.837. The molecule has 0 spiro atoms. The lowest BCUT2D eigenvalue weighted by molar-refractivity contribution is 0.0702. The zero-order valence-electron chi connectivity index (χ0n) is 14.2. The normalized spacial score (nSPS) is 18.5. The van der Waals surface area contributed by atoms with E-state index in [0.29, 0.717) is 29.5 Å². The van der Waals surface area contributed by atoms with Crippen LogP contribution in [0.4, 0.5) is 11.5 Å². The summed E-state index contributed by atoms with van der Waals surface area (Å²) in [6.07, 6.45) is 1.75. The van der Waals surface area contributed by atoms with Crippen LogP contribution in [0.25, 0.3) is 0 Å². The summed E-state index contributed by atoms with van der Waals surface area (Å²) in [5.74, 6) is 0.248. The first-order valence-electron chi connectivity index (χ1n) is 8.24. The highest BCUT2D eigenvalue weighted by Gasteiger charge is 2.34. The largest absolute Gasteiger partial charge is 0.339 e. The molecular formula is C17H19ClN4O3S. The number of halogens is 1. The summed E-state index contributed by atoms with van der Waals surface area (Å²) in [4.78, 5) is 22.6.